The zero-order valence-electron chi connectivity index (χ0n) is 7.05. The van der Waals surface area contributed by atoms with Gasteiger partial charge in [-0.15, -0.1) is 0 Å². The van der Waals surface area contributed by atoms with Crippen LogP contribution in [0.3, 0.4) is 0 Å². The van der Waals surface area contributed by atoms with E-state index in [0.717, 1.165) is 13.0 Å². The van der Waals surface area contributed by atoms with Crippen molar-refractivity contribution in [3.63, 3.8) is 0 Å². The van der Waals surface area contributed by atoms with E-state index in [2.05, 4.69) is 5.32 Å². The fourth-order valence-electron chi connectivity index (χ4n) is 1.43. The molecule has 1 aliphatic rings. The minimum absolute atomic E-state index is 0.105. The Morgan fingerprint density at radius 1 is 1.54 bits per heavy atom. The maximum Gasteiger partial charge on any atom is 0.128 e. The number of halogens is 1. The summed E-state index contributed by atoms with van der Waals surface area (Å²) in [5.41, 5.74) is 1.13. The van der Waals surface area contributed by atoms with Crippen LogP contribution in [0.5, 0.6) is 0 Å². The summed E-state index contributed by atoms with van der Waals surface area (Å²) in [6, 6.07) is 6.58. The lowest BCUT2D eigenvalue weighted by atomic mass is 9.96. The van der Waals surface area contributed by atoms with Gasteiger partial charge in [-0.3, -0.25) is 0 Å². The fraction of sp³-hybridized carbons (Fsp3) is 0.300. The number of benzene rings is 1. The van der Waals surface area contributed by atoms with Crippen LogP contribution in [0.2, 0.25) is 0 Å². The van der Waals surface area contributed by atoms with Crippen LogP contribution in [0.25, 0.3) is 0 Å². The average Bonchev–Trinajstić information content (AvgIpc) is 2.06. The molecule has 1 fully saturated rings. The van der Waals surface area contributed by atoms with E-state index in [0.29, 0.717) is 11.1 Å². The van der Waals surface area contributed by atoms with Crippen molar-refractivity contribution in [1.29, 1.82) is 5.26 Å². The fourth-order valence-corrected chi connectivity index (χ4v) is 1.43. The topological polar surface area (TPSA) is 35.8 Å². The Hall–Kier alpha value is -1.40. The van der Waals surface area contributed by atoms with E-state index < -0.39 is 0 Å². The molecule has 1 aliphatic heterocycles. The minimum atomic E-state index is -0.226. The number of nitrogens with one attached hydrogen (secondary N) is 1. The Balaban J connectivity index is 2.37. The van der Waals surface area contributed by atoms with Crippen molar-refractivity contribution in [3.8, 4) is 6.07 Å². The maximum atomic E-state index is 13.2. The van der Waals surface area contributed by atoms with Gasteiger partial charge in [0.05, 0.1) is 11.6 Å². The number of hydrogen-bond acceptors (Lipinski definition) is 2. The third kappa shape index (κ3) is 1.41. The molecule has 0 saturated carbocycles. The highest BCUT2D eigenvalue weighted by Crippen LogP contribution is 2.25. The summed E-state index contributed by atoms with van der Waals surface area (Å²) in [6.07, 6.45) is 0.950. The van der Waals surface area contributed by atoms with Crippen molar-refractivity contribution in [1.82, 2.24) is 5.32 Å². The predicted octanol–water partition coefficient (Wildman–Crippen LogP) is 1.73. The molecule has 2 nitrogen and oxygen atoms in total. The smallest absolute Gasteiger partial charge is 0.128 e. The summed E-state index contributed by atoms with van der Waals surface area (Å²) in [6.45, 7) is 0.931. The van der Waals surface area contributed by atoms with Crippen molar-refractivity contribution in [2.24, 2.45) is 0 Å². The highest BCUT2D eigenvalue weighted by atomic mass is 19.1. The standard InChI is InChI=1S/C10H9FN2/c11-9-2-1-7(6-12)5-8(9)10-3-4-13-10/h1-2,5,10,13H,3-4H2. The first-order valence-electron chi connectivity index (χ1n) is 4.24. The number of nitriles is 1. The van der Waals surface area contributed by atoms with E-state index in [-0.39, 0.29) is 11.9 Å². The lowest BCUT2D eigenvalue weighted by Crippen LogP contribution is -2.35. The van der Waals surface area contributed by atoms with Gasteiger partial charge >= 0.3 is 0 Å². The largest absolute Gasteiger partial charge is 0.310 e. The van der Waals surface area contributed by atoms with Crippen LogP contribution >= 0.6 is 0 Å². The first-order chi connectivity index (χ1) is 6.31. The lowest BCUT2D eigenvalue weighted by molar-refractivity contribution is 0.370. The summed E-state index contributed by atoms with van der Waals surface area (Å²) in [5, 5.41) is 11.7. The van der Waals surface area contributed by atoms with Crippen molar-refractivity contribution in [2.45, 2.75) is 12.5 Å². The predicted molar refractivity (Wildman–Crippen MR) is 46.5 cm³/mol. The molecule has 0 radical (unpaired) electrons. The van der Waals surface area contributed by atoms with Crippen LogP contribution in [0, 0.1) is 17.1 Å². The first-order valence-corrected chi connectivity index (χ1v) is 4.24. The van der Waals surface area contributed by atoms with Gasteiger partial charge in [0.1, 0.15) is 5.82 Å². The molecule has 1 saturated heterocycles. The molecule has 0 spiro atoms. The second kappa shape index (κ2) is 3.15. The molecular weight excluding hydrogens is 167 g/mol. The van der Waals surface area contributed by atoms with E-state index in [1.54, 1.807) is 6.07 Å². The van der Waals surface area contributed by atoms with E-state index >= 15 is 0 Å². The van der Waals surface area contributed by atoms with Crippen LogP contribution in [-0.2, 0) is 0 Å². The minimum Gasteiger partial charge on any atom is -0.310 e. The van der Waals surface area contributed by atoms with Crippen LogP contribution in [0.4, 0.5) is 4.39 Å². The highest BCUT2D eigenvalue weighted by Gasteiger charge is 2.21. The van der Waals surface area contributed by atoms with Gasteiger partial charge < -0.3 is 5.32 Å². The molecule has 0 amide bonds. The Kier molecular flexibility index (Phi) is 1.99. The number of nitrogens with zero attached hydrogens (tertiary/aromatic N) is 1. The van der Waals surface area contributed by atoms with Gasteiger partial charge in [0.15, 0.2) is 0 Å². The van der Waals surface area contributed by atoms with Gasteiger partial charge in [0.25, 0.3) is 0 Å². The maximum absolute atomic E-state index is 13.2. The highest BCUT2D eigenvalue weighted by molar-refractivity contribution is 5.35. The molecule has 0 aliphatic carbocycles. The molecular formula is C10H9FN2. The third-order valence-electron chi connectivity index (χ3n) is 2.32. The van der Waals surface area contributed by atoms with Crippen LogP contribution in [0.15, 0.2) is 18.2 Å². The van der Waals surface area contributed by atoms with Crippen molar-refractivity contribution >= 4 is 0 Å². The summed E-state index contributed by atoms with van der Waals surface area (Å²) < 4.78 is 13.2. The molecule has 1 unspecified atom stereocenters. The second-order valence-corrected chi connectivity index (χ2v) is 3.14. The van der Waals surface area contributed by atoms with E-state index in [1.165, 1.54) is 12.1 Å². The zero-order chi connectivity index (χ0) is 9.26. The van der Waals surface area contributed by atoms with E-state index in [9.17, 15) is 4.39 Å². The zero-order valence-corrected chi connectivity index (χ0v) is 7.05. The Morgan fingerprint density at radius 2 is 2.31 bits per heavy atom. The van der Waals surface area contributed by atoms with Gasteiger partial charge in [-0.05, 0) is 31.2 Å². The molecule has 1 heterocycles. The van der Waals surface area contributed by atoms with Crippen molar-refractivity contribution in [2.75, 3.05) is 6.54 Å². The van der Waals surface area contributed by atoms with Crippen molar-refractivity contribution in [3.05, 3.63) is 35.1 Å². The van der Waals surface area contributed by atoms with Crippen LogP contribution in [-0.4, -0.2) is 6.54 Å². The molecule has 1 aromatic carbocycles. The monoisotopic (exact) mass is 176 g/mol. The van der Waals surface area contributed by atoms with Gasteiger partial charge in [-0.2, -0.15) is 5.26 Å². The van der Waals surface area contributed by atoms with E-state index in [1.807, 2.05) is 6.07 Å². The van der Waals surface area contributed by atoms with E-state index in [4.69, 9.17) is 5.26 Å². The molecule has 3 heteroatoms. The Bertz CT molecular complexity index is 364. The van der Waals surface area contributed by atoms with Gasteiger partial charge in [-0.1, -0.05) is 0 Å². The van der Waals surface area contributed by atoms with Crippen molar-refractivity contribution < 1.29 is 4.39 Å². The number of rotatable bonds is 1. The van der Waals surface area contributed by atoms with Gasteiger partial charge in [-0.25, -0.2) is 4.39 Å². The van der Waals surface area contributed by atoms with Gasteiger partial charge in [0, 0.05) is 11.6 Å². The average molecular weight is 176 g/mol. The molecule has 66 valence electrons. The molecule has 13 heavy (non-hydrogen) atoms. The van der Waals surface area contributed by atoms with Gasteiger partial charge in [0.2, 0.25) is 0 Å². The Morgan fingerprint density at radius 3 is 2.85 bits per heavy atom. The lowest BCUT2D eigenvalue weighted by Gasteiger charge is -2.28. The summed E-state index contributed by atoms with van der Waals surface area (Å²) in [5.74, 6) is -0.226. The molecule has 2 rings (SSSR count). The summed E-state index contributed by atoms with van der Waals surface area (Å²) >= 11 is 0. The molecule has 1 N–H and O–H groups in total. The molecule has 0 bridgehead atoms. The normalized spacial score (nSPS) is 20.5. The molecule has 0 aromatic heterocycles. The van der Waals surface area contributed by atoms with Crippen LogP contribution < -0.4 is 5.32 Å². The summed E-state index contributed by atoms with van der Waals surface area (Å²) in [4.78, 5) is 0. The third-order valence-corrected chi connectivity index (χ3v) is 2.32. The Labute approximate surface area is 76.0 Å². The SMILES string of the molecule is N#Cc1ccc(F)c(C2CCN2)c1. The quantitative estimate of drug-likeness (QED) is 0.707. The van der Waals surface area contributed by atoms with Crippen LogP contribution in [0.1, 0.15) is 23.6 Å². The second-order valence-electron chi connectivity index (χ2n) is 3.14. The number of hydrogen-bond donors (Lipinski definition) is 1. The molecule has 1 atom stereocenters. The molecule has 1 aromatic rings. The summed E-state index contributed by atoms with van der Waals surface area (Å²) in [7, 11) is 0. The first kappa shape index (κ1) is 8.21.